The number of nitro benzene ring substituents is 1. The van der Waals surface area contributed by atoms with Crippen LogP contribution >= 0.6 is 0 Å². The molecule has 9 heteroatoms. The predicted molar refractivity (Wildman–Crippen MR) is 82.2 cm³/mol. The molecule has 130 valence electrons. The standard InChI is InChI=1S/C16H10F4N2O3/c17-13-7-6-11(9-12(13)16(18,19)20)21-15(23)8-5-10-3-1-2-4-14(10)22(24)25/h1-9H,(H,21,23). The number of rotatable bonds is 4. The van der Waals surface area contributed by atoms with Crippen LogP contribution in [-0.2, 0) is 11.0 Å². The monoisotopic (exact) mass is 354 g/mol. The van der Waals surface area contributed by atoms with Crippen molar-refractivity contribution >= 4 is 23.4 Å². The van der Waals surface area contributed by atoms with Crippen LogP contribution in [0.25, 0.3) is 6.08 Å². The molecule has 0 aromatic heterocycles. The number of nitro groups is 1. The van der Waals surface area contributed by atoms with Crippen LogP contribution in [0, 0.1) is 15.9 Å². The Labute approximate surface area is 138 Å². The molecule has 0 aliphatic heterocycles. The maximum atomic E-state index is 13.2. The number of hydrogen-bond donors (Lipinski definition) is 1. The summed E-state index contributed by atoms with van der Waals surface area (Å²) in [5.41, 5.74) is -1.84. The number of alkyl halides is 3. The lowest BCUT2D eigenvalue weighted by Crippen LogP contribution is -2.12. The van der Waals surface area contributed by atoms with Crippen LogP contribution in [0.2, 0.25) is 0 Å². The van der Waals surface area contributed by atoms with E-state index < -0.39 is 28.4 Å². The minimum absolute atomic E-state index is 0.151. The molecular weight excluding hydrogens is 344 g/mol. The van der Waals surface area contributed by atoms with Crippen molar-refractivity contribution < 1.29 is 27.3 Å². The fraction of sp³-hybridized carbons (Fsp3) is 0.0625. The third-order valence-corrected chi connectivity index (χ3v) is 3.09. The highest BCUT2D eigenvalue weighted by molar-refractivity contribution is 6.02. The van der Waals surface area contributed by atoms with E-state index >= 15 is 0 Å². The number of hydrogen-bond acceptors (Lipinski definition) is 3. The maximum absolute atomic E-state index is 13.2. The first-order chi connectivity index (χ1) is 11.7. The molecule has 0 saturated heterocycles. The lowest BCUT2D eigenvalue weighted by atomic mass is 10.1. The zero-order valence-corrected chi connectivity index (χ0v) is 12.4. The number of carbonyl (C=O) groups excluding carboxylic acids is 1. The van der Waals surface area contributed by atoms with Crippen molar-refractivity contribution in [3.05, 3.63) is 75.6 Å². The zero-order chi connectivity index (χ0) is 18.6. The summed E-state index contributed by atoms with van der Waals surface area (Å²) >= 11 is 0. The third-order valence-electron chi connectivity index (χ3n) is 3.09. The van der Waals surface area contributed by atoms with E-state index in [0.717, 1.165) is 18.2 Å². The molecule has 1 N–H and O–H groups in total. The van der Waals surface area contributed by atoms with Crippen molar-refractivity contribution in [2.45, 2.75) is 6.18 Å². The van der Waals surface area contributed by atoms with Crippen LogP contribution in [0.4, 0.5) is 28.9 Å². The Bertz CT molecular complexity index is 848. The quantitative estimate of drug-likeness (QED) is 0.383. The van der Waals surface area contributed by atoms with E-state index in [-0.39, 0.29) is 16.9 Å². The van der Waals surface area contributed by atoms with E-state index in [9.17, 15) is 32.5 Å². The van der Waals surface area contributed by atoms with Gasteiger partial charge in [-0.2, -0.15) is 13.2 Å². The first kappa shape index (κ1) is 18.1. The summed E-state index contributed by atoms with van der Waals surface area (Å²) in [7, 11) is 0. The van der Waals surface area contributed by atoms with Gasteiger partial charge < -0.3 is 5.32 Å². The van der Waals surface area contributed by atoms with E-state index in [1.165, 1.54) is 24.3 Å². The van der Waals surface area contributed by atoms with Crippen LogP contribution < -0.4 is 5.32 Å². The van der Waals surface area contributed by atoms with Gasteiger partial charge in [0.1, 0.15) is 5.82 Å². The Kier molecular flexibility index (Phi) is 5.16. The van der Waals surface area contributed by atoms with Crippen molar-refractivity contribution in [3.63, 3.8) is 0 Å². The molecule has 5 nitrogen and oxygen atoms in total. The lowest BCUT2D eigenvalue weighted by Gasteiger charge is -2.10. The molecule has 0 atom stereocenters. The number of amides is 1. The third kappa shape index (κ3) is 4.63. The molecular formula is C16H10F4N2O3. The van der Waals surface area contributed by atoms with Crippen molar-refractivity contribution in [2.75, 3.05) is 5.32 Å². The Morgan fingerprint density at radius 3 is 2.48 bits per heavy atom. The van der Waals surface area contributed by atoms with Crippen molar-refractivity contribution in [2.24, 2.45) is 0 Å². The van der Waals surface area contributed by atoms with Crippen molar-refractivity contribution in [1.29, 1.82) is 0 Å². The molecule has 2 aromatic carbocycles. The molecule has 0 spiro atoms. The SMILES string of the molecule is O=C(C=Cc1ccccc1[N+](=O)[O-])Nc1ccc(F)c(C(F)(F)F)c1. The molecule has 0 unspecified atom stereocenters. The van der Waals surface area contributed by atoms with Gasteiger partial charge in [-0.15, -0.1) is 0 Å². The minimum Gasteiger partial charge on any atom is -0.322 e. The van der Waals surface area contributed by atoms with Crippen LogP contribution in [0.1, 0.15) is 11.1 Å². The highest BCUT2D eigenvalue weighted by atomic mass is 19.4. The Morgan fingerprint density at radius 2 is 1.84 bits per heavy atom. The molecule has 0 radical (unpaired) electrons. The van der Waals surface area contributed by atoms with Gasteiger partial charge in [-0.25, -0.2) is 4.39 Å². The summed E-state index contributed by atoms with van der Waals surface area (Å²) in [4.78, 5) is 22.0. The molecule has 2 rings (SSSR count). The number of nitrogens with zero attached hydrogens (tertiary/aromatic N) is 1. The van der Waals surface area contributed by atoms with E-state index in [2.05, 4.69) is 5.32 Å². The summed E-state index contributed by atoms with van der Waals surface area (Å²) in [5, 5.41) is 13.0. The summed E-state index contributed by atoms with van der Waals surface area (Å²) in [6, 6.07) is 7.65. The first-order valence-electron chi connectivity index (χ1n) is 6.77. The predicted octanol–water partition coefficient (Wildman–Crippen LogP) is 4.40. The summed E-state index contributed by atoms with van der Waals surface area (Å²) in [6.07, 6.45) is -2.81. The highest BCUT2D eigenvalue weighted by Gasteiger charge is 2.34. The average Bonchev–Trinajstić information content (AvgIpc) is 2.54. The van der Waals surface area contributed by atoms with Gasteiger partial charge in [0.15, 0.2) is 0 Å². The second-order valence-corrected chi connectivity index (χ2v) is 4.83. The summed E-state index contributed by atoms with van der Waals surface area (Å²) < 4.78 is 51.1. The van der Waals surface area contributed by atoms with E-state index in [4.69, 9.17) is 0 Å². The zero-order valence-electron chi connectivity index (χ0n) is 12.4. The molecule has 25 heavy (non-hydrogen) atoms. The smallest absolute Gasteiger partial charge is 0.322 e. The van der Waals surface area contributed by atoms with E-state index in [1.54, 1.807) is 0 Å². The average molecular weight is 354 g/mol. The minimum atomic E-state index is -4.90. The van der Waals surface area contributed by atoms with Gasteiger partial charge in [-0.3, -0.25) is 14.9 Å². The number of para-hydroxylation sites is 1. The van der Waals surface area contributed by atoms with Gasteiger partial charge in [-0.1, -0.05) is 12.1 Å². The first-order valence-corrected chi connectivity index (χ1v) is 6.77. The molecule has 1 amide bonds. The number of anilines is 1. The Balaban J connectivity index is 2.17. The van der Waals surface area contributed by atoms with E-state index in [1.807, 2.05) is 0 Å². The molecule has 0 bridgehead atoms. The Hall–Kier alpha value is -3.23. The van der Waals surface area contributed by atoms with E-state index in [0.29, 0.717) is 12.1 Å². The fourth-order valence-corrected chi connectivity index (χ4v) is 1.96. The van der Waals surface area contributed by atoms with Gasteiger partial charge in [-0.05, 0) is 30.3 Å². The van der Waals surface area contributed by atoms with Crippen LogP contribution in [0.3, 0.4) is 0 Å². The van der Waals surface area contributed by atoms with Gasteiger partial charge >= 0.3 is 6.18 Å². The largest absolute Gasteiger partial charge is 0.419 e. The van der Waals surface area contributed by atoms with Gasteiger partial charge in [0, 0.05) is 17.8 Å². The molecule has 0 heterocycles. The van der Waals surface area contributed by atoms with Gasteiger partial charge in [0.2, 0.25) is 5.91 Å². The Morgan fingerprint density at radius 1 is 1.16 bits per heavy atom. The second kappa shape index (κ2) is 7.12. The second-order valence-electron chi connectivity index (χ2n) is 4.83. The lowest BCUT2D eigenvalue weighted by molar-refractivity contribution is -0.385. The number of benzene rings is 2. The number of carbonyl (C=O) groups is 1. The molecule has 2 aromatic rings. The van der Waals surface area contributed by atoms with Crippen LogP contribution in [-0.4, -0.2) is 10.8 Å². The molecule has 0 saturated carbocycles. The highest BCUT2D eigenvalue weighted by Crippen LogP contribution is 2.33. The van der Waals surface area contributed by atoms with Crippen LogP contribution in [0.5, 0.6) is 0 Å². The van der Waals surface area contributed by atoms with Gasteiger partial charge in [0.05, 0.1) is 16.1 Å². The summed E-state index contributed by atoms with van der Waals surface area (Å²) in [5.74, 6) is -2.28. The van der Waals surface area contributed by atoms with Crippen molar-refractivity contribution in [1.82, 2.24) is 0 Å². The molecule has 0 aliphatic rings. The maximum Gasteiger partial charge on any atom is 0.419 e. The van der Waals surface area contributed by atoms with Crippen molar-refractivity contribution in [3.8, 4) is 0 Å². The van der Waals surface area contributed by atoms with Gasteiger partial charge in [0.25, 0.3) is 5.69 Å². The summed E-state index contributed by atoms with van der Waals surface area (Å²) in [6.45, 7) is 0. The number of nitrogens with one attached hydrogen (secondary N) is 1. The molecule has 0 fully saturated rings. The fourth-order valence-electron chi connectivity index (χ4n) is 1.96. The normalized spacial score (nSPS) is 11.5. The number of halogens is 4. The van der Waals surface area contributed by atoms with Crippen LogP contribution in [0.15, 0.2) is 48.5 Å². The molecule has 0 aliphatic carbocycles. The topological polar surface area (TPSA) is 72.2 Å².